The lowest BCUT2D eigenvalue weighted by Gasteiger charge is -2.27. The molecule has 0 aromatic heterocycles. The van der Waals surface area contributed by atoms with Gasteiger partial charge in [-0.25, -0.2) is 0 Å². The van der Waals surface area contributed by atoms with Crippen molar-refractivity contribution in [3.8, 4) is 0 Å². The van der Waals surface area contributed by atoms with Gasteiger partial charge in [0, 0.05) is 19.7 Å². The fraction of sp³-hybridized carbons (Fsp3) is 0.562. The smallest absolute Gasteiger partial charge is 0.225 e. The molecule has 0 bridgehead atoms. The van der Waals surface area contributed by atoms with E-state index in [1.165, 1.54) is 0 Å². The Labute approximate surface area is 120 Å². The van der Waals surface area contributed by atoms with Gasteiger partial charge in [-0.2, -0.15) is 0 Å². The number of aliphatic hydroxyl groups excluding tert-OH is 1. The van der Waals surface area contributed by atoms with Crippen LogP contribution >= 0.6 is 0 Å². The number of ether oxygens (including phenoxy) is 1. The largest absolute Gasteiger partial charge is 0.395 e. The van der Waals surface area contributed by atoms with Crippen LogP contribution in [0.4, 0.5) is 0 Å². The quantitative estimate of drug-likeness (QED) is 0.865. The number of amides is 1. The van der Waals surface area contributed by atoms with Crippen molar-refractivity contribution in [2.24, 2.45) is 0 Å². The Kier molecular flexibility index (Phi) is 6.02. The summed E-state index contributed by atoms with van der Waals surface area (Å²) in [4.78, 5) is 14.1. The van der Waals surface area contributed by atoms with Crippen LogP contribution in [0.25, 0.3) is 0 Å². The lowest BCUT2D eigenvalue weighted by atomic mass is 10.1. The van der Waals surface area contributed by atoms with E-state index < -0.39 is 0 Å². The lowest BCUT2D eigenvalue weighted by Crippen LogP contribution is -2.36. The van der Waals surface area contributed by atoms with Crippen molar-refractivity contribution in [2.45, 2.75) is 38.3 Å². The van der Waals surface area contributed by atoms with Crippen molar-refractivity contribution in [3.63, 3.8) is 0 Å². The van der Waals surface area contributed by atoms with E-state index in [2.05, 4.69) is 0 Å². The van der Waals surface area contributed by atoms with Gasteiger partial charge in [0.25, 0.3) is 0 Å². The third-order valence-electron chi connectivity index (χ3n) is 3.62. The number of benzene rings is 1. The molecule has 4 nitrogen and oxygen atoms in total. The van der Waals surface area contributed by atoms with E-state index in [1.807, 2.05) is 30.3 Å². The van der Waals surface area contributed by atoms with Gasteiger partial charge >= 0.3 is 0 Å². The minimum Gasteiger partial charge on any atom is -0.395 e. The van der Waals surface area contributed by atoms with Gasteiger partial charge in [-0.15, -0.1) is 0 Å². The highest BCUT2D eigenvalue weighted by Gasteiger charge is 2.21. The van der Waals surface area contributed by atoms with Crippen molar-refractivity contribution in [3.05, 3.63) is 35.9 Å². The first kappa shape index (κ1) is 15.0. The Hall–Kier alpha value is -1.39. The summed E-state index contributed by atoms with van der Waals surface area (Å²) in [6.07, 6.45) is 3.66. The maximum atomic E-state index is 12.3. The van der Waals surface area contributed by atoms with Crippen LogP contribution in [0, 0.1) is 0 Å². The van der Waals surface area contributed by atoms with Crippen LogP contribution in [0.5, 0.6) is 0 Å². The van der Waals surface area contributed by atoms with Gasteiger partial charge in [0.15, 0.2) is 0 Å². The van der Waals surface area contributed by atoms with Crippen molar-refractivity contribution in [1.82, 2.24) is 4.90 Å². The van der Waals surface area contributed by atoms with Crippen LogP contribution in [0.2, 0.25) is 0 Å². The van der Waals surface area contributed by atoms with Gasteiger partial charge in [0.2, 0.25) is 5.91 Å². The van der Waals surface area contributed by atoms with Crippen LogP contribution < -0.4 is 0 Å². The Morgan fingerprint density at radius 1 is 1.30 bits per heavy atom. The Morgan fingerprint density at radius 3 is 2.75 bits per heavy atom. The molecule has 2 rings (SSSR count). The number of nitrogens with zero attached hydrogens (tertiary/aromatic N) is 1. The minimum atomic E-state index is -0.00982. The van der Waals surface area contributed by atoms with Crippen molar-refractivity contribution in [1.29, 1.82) is 0 Å². The SMILES string of the molecule is O=C(CC1CCCCO1)N(CCO)Cc1ccccc1. The van der Waals surface area contributed by atoms with Crippen LogP contribution in [0.3, 0.4) is 0 Å². The zero-order chi connectivity index (χ0) is 14.2. The second-order valence-electron chi connectivity index (χ2n) is 5.22. The molecule has 1 aliphatic rings. The topological polar surface area (TPSA) is 49.8 Å². The molecule has 1 unspecified atom stereocenters. The monoisotopic (exact) mass is 277 g/mol. The third kappa shape index (κ3) is 4.62. The summed E-state index contributed by atoms with van der Waals surface area (Å²) in [7, 11) is 0. The van der Waals surface area contributed by atoms with Crippen LogP contribution in [-0.4, -0.2) is 41.8 Å². The van der Waals surface area contributed by atoms with Crippen LogP contribution in [0.15, 0.2) is 30.3 Å². The highest BCUT2D eigenvalue weighted by atomic mass is 16.5. The van der Waals surface area contributed by atoms with Gasteiger partial charge in [-0.1, -0.05) is 30.3 Å². The first-order valence-electron chi connectivity index (χ1n) is 7.34. The van der Waals surface area contributed by atoms with Gasteiger partial charge in [-0.05, 0) is 24.8 Å². The maximum absolute atomic E-state index is 12.3. The predicted molar refractivity (Wildman–Crippen MR) is 77.2 cm³/mol. The zero-order valence-electron chi connectivity index (χ0n) is 11.8. The molecule has 1 fully saturated rings. The summed E-state index contributed by atoms with van der Waals surface area (Å²) in [6.45, 7) is 1.67. The standard InChI is InChI=1S/C16H23NO3/c18-10-9-17(13-14-6-2-1-3-7-14)16(19)12-15-8-4-5-11-20-15/h1-3,6-7,15,18H,4-5,8-13H2. The normalized spacial score (nSPS) is 18.8. The van der Waals surface area contributed by atoms with Gasteiger partial charge in [0.1, 0.15) is 0 Å². The lowest BCUT2D eigenvalue weighted by molar-refractivity contribution is -0.136. The van der Waals surface area contributed by atoms with Crippen LogP contribution in [-0.2, 0) is 16.1 Å². The summed E-state index contributed by atoms with van der Waals surface area (Å²) < 4.78 is 5.62. The molecule has 1 amide bonds. The third-order valence-corrected chi connectivity index (χ3v) is 3.62. The van der Waals surface area contributed by atoms with E-state index in [1.54, 1.807) is 4.90 Å². The Balaban J connectivity index is 1.91. The molecular weight excluding hydrogens is 254 g/mol. The molecule has 1 saturated heterocycles. The molecule has 1 atom stereocenters. The number of rotatable bonds is 6. The van der Waals surface area contributed by atoms with E-state index in [4.69, 9.17) is 9.84 Å². The molecule has 1 aliphatic heterocycles. The summed E-state index contributed by atoms with van der Waals surface area (Å²) in [6, 6.07) is 9.86. The second kappa shape index (κ2) is 8.02. The average molecular weight is 277 g/mol. The molecule has 0 aliphatic carbocycles. The fourth-order valence-electron chi connectivity index (χ4n) is 2.51. The number of aliphatic hydroxyl groups is 1. The zero-order valence-corrected chi connectivity index (χ0v) is 11.8. The highest BCUT2D eigenvalue weighted by molar-refractivity contribution is 5.76. The maximum Gasteiger partial charge on any atom is 0.225 e. The van der Waals surface area contributed by atoms with Crippen molar-refractivity contribution >= 4 is 5.91 Å². The molecule has 4 heteroatoms. The average Bonchev–Trinajstić information content (AvgIpc) is 2.49. The van der Waals surface area contributed by atoms with E-state index >= 15 is 0 Å². The second-order valence-corrected chi connectivity index (χ2v) is 5.22. The fourth-order valence-corrected chi connectivity index (χ4v) is 2.51. The predicted octanol–water partition coefficient (Wildman–Crippen LogP) is 1.97. The Morgan fingerprint density at radius 2 is 2.10 bits per heavy atom. The number of hydrogen-bond acceptors (Lipinski definition) is 3. The van der Waals surface area contributed by atoms with Crippen LogP contribution in [0.1, 0.15) is 31.2 Å². The van der Waals surface area contributed by atoms with Crippen molar-refractivity contribution in [2.75, 3.05) is 19.8 Å². The van der Waals surface area contributed by atoms with Gasteiger partial charge in [-0.3, -0.25) is 4.79 Å². The molecule has 1 heterocycles. The van der Waals surface area contributed by atoms with E-state index in [0.29, 0.717) is 19.5 Å². The number of carbonyl (C=O) groups excluding carboxylic acids is 1. The summed E-state index contributed by atoms with van der Waals surface area (Å²) >= 11 is 0. The summed E-state index contributed by atoms with van der Waals surface area (Å²) in [5, 5.41) is 9.14. The molecule has 20 heavy (non-hydrogen) atoms. The molecule has 0 spiro atoms. The Bertz CT molecular complexity index is 401. The first-order valence-corrected chi connectivity index (χ1v) is 7.34. The van der Waals surface area contributed by atoms with E-state index in [-0.39, 0.29) is 18.6 Å². The summed E-state index contributed by atoms with van der Waals surface area (Å²) in [5.41, 5.74) is 1.08. The molecular formula is C16H23NO3. The van der Waals surface area contributed by atoms with Crippen molar-refractivity contribution < 1.29 is 14.6 Å². The first-order chi connectivity index (χ1) is 9.79. The van der Waals surface area contributed by atoms with E-state index in [9.17, 15) is 4.79 Å². The molecule has 0 saturated carbocycles. The summed E-state index contributed by atoms with van der Waals surface area (Å²) in [5.74, 6) is 0.0646. The molecule has 110 valence electrons. The molecule has 1 N–H and O–H groups in total. The molecule has 1 aromatic carbocycles. The number of hydrogen-bond donors (Lipinski definition) is 1. The molecule has 0 radical (unpaired) electrons. The molecule has 1 aromatic rings. The van der Waals surface area contributed by atoms with Gasteiger partial charge in [0.05, 0.1) is 19.1 Å². The number of carbonyl (C=O) groups is 1. The highest BCUT2D eigenvalue weighted by Crippen LogP contribution is 2.17. The van der Waals surface area contributed by atoms with Gasteiger partial charge < -0.3 is 14.7 Å². The van der Waals surface area contributed by atoms with E-state index in [0.717, 1.165) is 31.4 Å². The minimum absolute atomic E-state index is 0.00982.